The number of nitrogens with zero attached hydrogens (tertiary/aromatic N) is 3. The number of nitrogens with one attached hydrogen (secondary N) is 2. The summed E-state index contributed by atoms with van der Waals surface area (Å²) in [6, 6.07) is 12.9. The Labute approximate surface area is 178 Å². The minimum absolute atomic E-state index is 0.249. The molecule has 0 fully saturated rings. The number of aromatic nitrogens is 3. The highest BCUT2D eigenvalue weighted by Gasteiger charge is 2.13. The largest absolute Gasteiger partial charge is 0.486 e. The van der Waals surface area contributed by atoms with Gasteiger partial charge in [-0.3, -0.25) is 15.6 Å². The molecule has 0 saturated heterocycles. The fourth-order valence-corrected chi connectivity index (χ4v) is 3.65. The second-order valence-electron chi connectivity index (χ2n) is 6.63. The lowest BCUT2D eigenvalue weighted by atomic mass is 10.1. The topological polar surface area (TPSA) is 90.3 Å². The van der Waals surface area contributed by atoms with Crippen molar-refractivity contribution in [2.24, 2.45) is 7.05 Å². The molecule has 30 heavy (non-hydrogen) atoms. The van der Waals surface area contributed by atoms with E-state index < -0.39 is 0 Å². The Balaban J connectivity index is 1.30. The van der Waals surface area contributed by atoms with Crippen molar-refractivity contribution >= 4 is 23.4 Å². The maximum atomic E-state index is 12.4. The predicted octanol–water partition coefficient (Wildman–Crippen LogP) is 2.78. The average molecular weight is 423 g/mol. The van der Waals surface area contributed by atoms with Crippen molar-refractivity contribution in [1.82, 2.24) is 25.6 Å². The van der Waals surface area contributed by atoms with Crippen LogP contribution in [0.15, 0.2) is 60.5 Å². The Morgan fingerprint density at radius 2 is 1.83 bits per heavy atom. The van der Waals surface area contributed by atoms with Gasteiger partial charge in [-0.05, 0) is 35.9 Å². The van der Waals surface area contributed by atoms with Crippen molar-refractivity contribution in [2.75, 3.05) is 13.2 Å². The lowest BCUT2D eigenvalue weighted by molar-refractivity contribution is 0.0942. The minimum Gasteiger partial charge on any atom is -0.486 e. The van der Waals surface area contributed by atoms with Crippen molar-refractivity contribution in [1.29, 1.82) is 0 Å². The van der Waals surface area contributed by atoms with E-state index in [-0.39, 0.29) is 5.91 Å². The van der Waals surface area contributed by atoms with Gasteiger partial charge in [0, 0.05) is 23.9 Å². The first kappa shape index (κ1) is 19.8. The van der Waals surface area contributed by atoms with E-state index in [9.17, 15) is 4.79 Å². The third-order valence-corrected chi connectivity index (χ3v) is 5.58. The summed E-state index contributed by atoms with van der Waals surface area (Å²) in [7, 11) is 1.90. The summed E-state index contributed by atoms with van der Waals surface area (Å²) >= 11 is 1.59. The summed E-state index contributed by atoms with van der Waals surface area (Å²) in [5.41, 5.74) is 8.52. The molecule has 9 heteroatoms. The summed E-state index contributed by atoms with van der Waals surface area (Å²) in [5, 5.41) is 8.75. The van der Waals surface area contributed by atoms with Gasteiger partial charge in [-0.15, -0.1) is 10.2 Å². The molecule has 0 bridgehead atoms. The highest BCUT2D eigenvalue weighted by atomic mass is 32.2. The molecule has 8 nitrogen and oxygen atoms in total. The summed E-state index contributed by atoms with van der Waals surface area (Å²) in [5.74, 6) is 1.87. The number of fused-ring (bicyclic) bond motifs is 1. The number of carbonyl (C=O) groups is 1. The standard InChI is InChI=1S/C21H21N5O3S/c1-14(17-7-8-18-19(11-17)29-10-9-28-18)23-24-20(27)16-5-3-15(4-6-16)12-30-21-25-22-13-26(21)2/h3-8,11,13,23H,1,9-10,12H2,2H3,(H,24,27). The van der Waals surface area contributed by atoms with Gasteiger partial charge < -0.3 is 14.0 Å². The number of amides is 1. The molecule has 0 atom stereocenters. The van der Waals surface area contributed by atoms with Crippen LogP contribution in [0.1, 0.15) is 21.5 Å². The van der Waals surface area contributed by atoms with E-state index in [0.29, 0.717) is 36.0 Å². The van der Waals surface area contributed by atoms with E-state index in [1.807, 2.05) is 41.9 Å². The van der Waals surface area contributed by atoms with Crippen molar-refractivity contribution in [2.45, 2.75) is 10.9 Å². The van der Waals surface area contributed by atoms with E-state index in [1.165, 1.54) is 0 Å². The molecule has 154 valence electrons. The number of ether oxygens (including phenoxy) is 2. The van der Waals surface area contributed by atoms with Gasteiger partial charge in [-0.2, -0.15) is 0 Å². The van der Waals surface area contributed by atoms with Crippen LogP contribution in [0.4, 0.5) is 0 Å². The van der Waals surface area contributed by atoms with Crippen LogP contribution >= 0.6 is 11.8 Å². The Kier molecular flexibility index (Phi) is 5.89. The molecule has 1 aliphatic heterocycles. The number of carbonyl (C=O) groups excluding carboxylic acids is 1. The zero-order valence-electron chi connectivity index (χ0n) is 16.4. The molecule has 2 N–H and O–H groups in total. The number of hydrogen-bond donors (Lipinski definition) is 2. The van der Waals surface area contributed by atoms with Crippen molar-refractivity contribution in [3.8, 4) is 11.5 Å². The zero-order valence-corrected chi connectivity index (χ0v) is 17.2. The van der Waals surface area contributed by atoms with Gasteiger partial charge in [-0.25, -0.2) is 0 Å². The molecule has 2 heterocycles. The molecule has 0 radical (unpaired) electrons. The first-order valence-corrected chi connectivity index (χ1v) is 10.3. The van der Waals surface area contributed by atoms with Crippen LogP contribution in [0.2, 0.25) is 0 Å². The van der Waals surface area contributed by atoms with E-state index in [1.54, 1.807) is 30.2 Å². The number of aryl methyl sites for hydroxylation is 1. The SMILES string of the molecule is C=C(NNC(=O)c1ccc(CSc2nncn2C)cc1)c1ccc2c(c1)OCCO2. The van der Waals surface area contributed by atoms with Gasteiger partial charge in [0.05, 0.1) is 5.70 Å². The Hall–Kier alpha value is -3.46. The summed E-state index contributed by atoms with van der Waals surface area (Å²) in [6.07, 6.45) is 1.67. The first-order valence-electron chi connectivity index (χ1n) is 9.31. The summed E-state index contributed by atoms with van der Waals surface area (Å²) in [4.78, 5) is 12.4. The fraction of sp³-hybridized carbons (Fsp3) is 0.190. The van der Waals surface area contributed by atoms with Crippen LogP contribution in [0.5, 0.6) is 11.5 Å². The quantitative estimate of drug-likeness (QED) is 0.446. The van der Waals surface area contributed by atoms with E-state index in [0.717, 1.165) is 22.0 Å². The fourth-order valence-electron chi connectivity index (χ4n) is 2.81. The van der Waals surface area contributed by atoms with Gasteiger partial charge in [-0.1, -0.05) is 30.5 Å². The molecule has 3 aromatic rings. The Morgan fingerprint density at radius 3 is 2.57 bits per heavy atom. The normalized spacial score (nSPS) is 12.3. The number of rotatable bonds is 7. The molecule has 0 saturated carbocycles. The lowest BCUT2D eigenvalue weighted by Gasteiger charge is -2.19. The third kappa shape index (κ3) is 4.57. The molecule has 0 unspecified atom stereocenters. The molecule has 0 aliphatic carbocycles. The van der Waals surface area contributed by atoms with Crippen molar-refractivity contribution < 1.29 is 14.3 Å². The number of hydrazine groups is 1. The second-order valence-corrected chi connectivity index (χ2v) is 7.57. The van der Waals surface area contributed by atoms with Crippen LogP contribution in [0, 0.1) is 0 Å². The molecule has 1 amide bonds. The maximum absolute atomic E-state index is 12.4. The molecule has 4 rings (SSSR count). The highest BCUT2D eigenvalue weighted by Crippen LogP contribution is 2.32. The smallest absolute Gasteiger partial charge is 0.269 e. The van der Waals surface area contributed by atoms with E-state index >= 15 is 0 Å². The molecular formula is C21H21N5O3S. The predicted molar refractivity (Wildman–Crippen MR) is 114 cm³/mol. The summed E-state index contributed by atoms with van der Waals surface area (Å²) in [6.45, 7) is 5.03. The van der Waals surface area contributed by atoms with E-state index in [2.05, 4.69) is 27.6 Å². The zero-order chi connectivity index (χ0) is 20.9. The summed E-state index contributed by atoms with van der Waals surface area (Å²) < 4.78 is 13.0. The lowest BCUT2D eigenvalue weighted by Crippen LogP contribution is -2.35. The number of benzene rings is 2. The number of thioether (sulfide) groups is 1. The van der Waals surface area contributed by atoms with Crippen LogP contribution < -0.4 is 20.3 Å². The van der Waals surface area contributed by atoms with Gasteiger partial charge in [0.25, 0.3) is 5.91 Å². The second kappa shape index (κ2) is 8.91. The monoisotopic (exact) mass is 423 g/mol. The van der Waals surface area contributed by atoms with Crippen LogP contribution in [-0.2, 0) is 12.8 Å². The molecule has 0 spiro atoms. The minimum atomic E-state index is -0.249. The Bertz CT molecular complexity index is 1060. The van der Waals surface area contributed by atoms with Gasteiger partial charge in [0.2, 0.25) is 0 Å². The van der Waals surface area contributed by atoms with E-state index in [4.69, 9.17) is 9.47 Å². The van der Waals surface area contributed by atoms with Crippen LogP contribution in [0.25, 0.3) is 5.70 Å². The van der Waals surface area contributed by atoms with Crippen LogP contribution in [-0.4, -0.2) is 33.9 Å². The van der Waals surface area contributed by atoms with Crippen molar-refractivity contribution in [3.63, 3.8) is 0 Å². The first-order chi connectivity index (χ1) is 14.6. The van der Waals surface area contributed by atoms with Gasteiger partial charge >= 0.3 is 0 Å². The maximum Gasteiger partial charge on any atom is 0.269 e. The Morgan fingerprint density at radius 1 is 1.10 bits per heavy atom. The molecule has 1 aliphatic rings. The molecule has 2 aromatic carbocycles. The van der Waals surface area contributed by atoms with Crippen molar-refractivity contribution in [3.05, 3.63) is 72.1 Å². The van der Waals surface area contributed by atoms with Gasteiger partial charge in [0.1, 0.15) is 19.5 Å². The molecule has 1 aromatic heterocycles. The van der Waals surface area contributed by atoms with Crippen LogP contribution in [0.3, 0.4) is 0 Å². The highest BCUT2D eigenvalue weighted by molar-refractivity contribution is 7.98. The van der Waals surface area contributed by atoms with Gasteiger partial charge in [0.15, 0.2) is 16.7 Å². The number of hydrogen-bond acceptors (Lipinski definition) is 7. The third-order valence-electron chi connectivity index (χ3n) is 4.47. The average Bonchev–Trinajstić information content (AvgIpc) is 3.20. The molecular weight excluding hydrogens is 402 g/mol.